The van der Waals surface area contributed by atoms with Crippen LogP contribution in [0.5, 0.6) is 0 Å². The number of fused-ring (bicyclic) bond motifs is 3. The van der Waals surface area contributed by atoms with E-state index in [4.69, 9.17) is 15.0 Å². The Morgan fingerprint density at radius 2 is 1.06 bits per heavy atom. The first-order chi connectivity index (χ1) is 23.2. The molecule has 0 aliphatic heterocycles. The summed E-state index contributed by atoms with van der Waals surface area (Å²) in [7, 11) is 0. The van der Waals surface area contributed by atoms with Gasteiger partial charge in [0.15, 0.2) is 17.5 Å². The van der Waals surface area contributed by atoms with Crippen LogP contribution in [0.2, 0.25) is 0 Å². The van der Waals surface area contributed by atoms with E-state index >= 15 is 0 Å². The molecule has 8 aromatic rings. The molecule has 2 heterocycles. The second-order valence-corrected chi connectivity index (χ2v) is 11.1. The average molecular weight is 601 g/mol. The molecule has 0 aliphatic carbocycles. The van der Waals surface area contributed by atoms with E-state index in [1.807, 2.05) is 121 Å². The number of hydrogen-bond donors (Lipinski definition) is 0. The molecule has 0 radical (unpaired) electrons. The normalized spacial score (nSPS) is 10.9. The van der Waals surface area contributed by atoms with Gasteiger partial charge in [0.25, 0.3) is 0 Å². The maximum Gasteiger partial charge on any atom is 0.164 e. The summed E-state index contributed by atoms with van der Waals surface area (Å²) >= 11 is 0. The number of rotatable bonds is 5. The Kier molecular flexibility index (Phi) is 6.80. The standard InChI is InChI=1S/C41H24N6/c42-25-27-19-22-38-36(23-27)33-17-9-10-18-37(33)47(38)31-20-21-34(35(24-31)32-16-8-7-15-30(32)26-43)41-45-39(28-11-3-1-4-12-28)44-40(46-41)29-13-5-2-6-14-29/h1-24H. The van der Waals surface area contributed by atoms with Crippen molar-refractivity contribution in [1.29, 1.82) is 10.5 Å². The highest BCUT2D eigenvalue weighted by Crippen LogP contribution is 2.38. The Morgan fingerprint density at radius 3 is 1.77 bits per heavy atom. The van der Waals surface area contributed by atoms with Crippen molar-refractivity contribution < 1.29 is 0 Å². The van der Waals surface area contributed by atoms with Crippen LogP contribution in [-0.4, -0.2) is 19.5 Å². The fourth-order valence-electron chi connectivity index (χ4n) is 6.15. The lowest BCUT2D eigenvalue weighted by molar-refractivity contribution is 1.07. The lowest BCUT2D eigenvalue weighted by Crippen LogP contribution is -2.02. The van der Waals surface area contributed by atoms with E-state index < -0.39 is 0 Å². The summed E-state index contributed by atoms with van der Waals surface area (Å²) in [4.78, 5) is 14.9. The molecule has 8 rings (SSSR count). The minimum atomic E-state index is 0.507. The molecule has 0 saturated carbocycles. The van der Waals surface area contributed by atoms with Gasteiger partial charge in [-0.3, -0.25) is 0 Å². The summed E-state index contributed by atoms with van der Waals surface area (Å²) < 4.78 is 2.20. The van der Waals surface area contributed by atoms with Gasteiger partial charge in [0.1, 0.15) is 0 Å². The van der Waals surface area contributed by atoms with Gasteiger partial charge < -0.3 is 4.57 Å². The number of nitrogens with zero attached hydrogens (tertiary/aromatic N) is 6. The minimum absolute atomic E-state index is 0.507. The molecule has 0 atom stereocenters. The van der Waals surface area contributed by atoms with Gasteiger partial charge in [-0.2, -0.15) is 10.5 Å². The smallest absolute Gasteiger partial charge is 0.164 e. The Hall–Kier alpha value is -6.89. The van der Waals surface area contributed by atoms with Crippen molar-refractivity contribution in [2.45, 2.75) is 0 Å². The van der Waals surface area contributed by atoms with Crippen molar-refractivity contribution in [3.8, 4) is 63.1 Å². The molecule has 0 bridgehead atoms. The lowest BCUT2D eigenvalue weighted by atomic mass is 9.94. The maximum atomic E-state index is 10.2. The zero-order chi connectivity index (χ0) is 31.7. The molecule has 0 fully saturated rings. The van der Waals surface area contributed by atoms with Crippen LogP contribution in [0.15, 0.2) is 146 Å². The van der Waals surface area contributed by atoms with Crippen molar-refractivity contribution in [2.75, 3.05) is 0 Å². The molecule has 6 aromatic carbocycles. The molecule has 47 heavy (non-hydrogen) atoms. The largest absolute Gasteiger partial charge is 0.309 e. The van der Waals surface area contributed by atoms with Crippen molar-refractivity contribution in [3.05, 3.63) is 157 Å². The van der Waals surface area contributed by atoms with Gasteiger partial charge in [0, 0.05) is 38.7 Å². The van der Waals surface area contributed by atoms with Crippen molar-refractivity contribution in [2.24, 2.45) is 0 Å². The van der Waals surface area contributed by atoms with Crippen LogP contribution in [0.4, 0.5) is 0 Å². The highest BCUT2D eigenvalue weighted by Gasteiger charge is 2.20. The monoisotopic (exact) mass is 600 g/mol. The predicted molar refractivity (Wildman–Crippen MR) is 185 cm³/mol. The van der Waals surface area contributed by atoms with Crippen molar-refractivity contribution in [3.63, 3.8) is 0 Å². The number of benzene rings is 6. The summed E-state index contributed by atoms with van der Waals surface area (Å²) in [6.07, 6.45) is 0. The summed E-state index contributed by atoms with van der Waals surface area (Å²) in [6.45, 7) is 0. The zero-order valence-corrected chi connectivity index (χ0v) is 25.0. The summed E-state index contributed by atoms with van der Waals surface area (Å²) in [5.74, 6) is 1.63. The van der Waals surface area contributed by atoms with Crippen LogP contribution in [-0.2, 0) is 0 Å². The molecule has 0 aliphatic rings. The molecule has 0 N–H and O–H groups in total. The van der Waals surface area contributed by atoms with E-state index in [1.54, 1.807) is 0 Å². The summed E-state index contributed by atoms with van der Waals surface area (Å²) in [6, 6.07) is 52.2. The SMILES string of the molecule is N#Cc1ccc2c(c1)c1ccccc1n2-c1ccc(-c2nc(-c3ccccc3)nc(-c3ccccc3)n2)c(-c2ccccc2C#N)c1. The molecule has 2 aromatic heterocycles. The summed E-state index contributed by atoms with van der Waals surface area (Å²) in [5, 5.41) is 21.9. The van der Waals surface area contributed by atoms with E-state index in [0.29, 0.717) is 28.6 Å². The van der Waals surface area contributed by atoms with Crippen LogP contribution >= 0.6 is 0 Å². The number of aromatic nitrogens is 4. The van der Waals surface area contributed by atoms with Gasteiger partial charge in [-0.15, -0.1) is 0 Å². The second kappa shape index (κ2) is 11.6. The van der Waals surface area contributed by atoms with E-state index in [0.717, 1.165) is 55.3 Å². The third-order valence-electron chi connectivity index (χ3n) is 8.34. The fourth-order valence-corrected chi connectivity index (χ4v) is 6.15. The third kappa shape index (κ3) is 4.88. The molecule has 218 valence electrons. The second-order valence-electron chi connectivity index (χ2n) is 11.1. The average Bonchev–Trinajstić information content (AvgIpc) is 3.48. The highest BCUT2D eigenvalue weighted by molar-refractivity contribution is 6.09. The van der Waals surface area contributed by atoms with Crippen LogP contribution < -0.4 is 0 Å². The highest BCUT2D eigenvalue weighted by atomic mass is 15.0. The molecule has 0 spiro atoms. The zero-order valence-electron chi connectivity index (χ0n) is 25.0. The molecule has 6 nitrogen and oxygen atoms in total. The predicted octanol–water partition coefficient (Wildman–Crippen LogP) is 9.38. The van der Waals surface area contributed by atoms with Gasteiger partial charge in [-0.05, 0) is 54.1 Å². The lowest BCUT2D eigenvalue weighted by Gasteiger charge is -2.16. The molecule has 0 amide bonds. The van der Waals surface area contributed by atoms with Crippen LogP contribution in [0.25, 0.3) is 72.8 Å². The first kappa shape index (κ1) is 27.6. The number of nitriles is 2. The Balaban J connectivity index is 1.42. The minimum Gasteiger partial charge on any atom is -0.309 e. The Bertz CT molecular complexity index is 2480. The van der Waals surface area contributed by atoms with E-state index in [1.165, 1.54) is 0 Å². The van der Waals surface area contributed by atoms with Crippen LogP contribution in [0, 0.1) is 22.7 Å². The van der Waals surface area contributed by atoms with E-state index in [2.05, 4.69) is 41.0 Å². The molecule has 0 saturated heterocycles. The first-order valence-corrected chi connectivity index (χ1v) is 15.2. The molecule has 6 heteroatoms. The van der Waals surface area contributed by atoms with Crippen molar-refractivity contribution >= 4 is 21.8 Å². The molecular formula is C41H24N6. The quantitative estimate of drug-likeness (QED) is 0.196. The van der Waals surface area contributed by atoms with Crippen LogP contribution in [0.1, 0.15) is 11.1 Å². The Labute approximate surface area is 271 Å². The van der Waals surface area contributed by atoms with E-state index in [-0.39, 0.29) is 0 Å². The van der Waals surface area contributed by atoms with Crippen LogP contribution in [0.3, 0.4) is 0 Å². The van der Waals surface area contributed by atoms with Gasteiger partial charge in [0.05, 0.1) is 34.3 Å². The van der Waals surface area contributed by atoms with Gasteiger partial charge in [-0.1, -0.05) is 97.1 Å². The summed E-state index contributed by atoms with van der Waals surface area (Å²) in [5.41, 5.74) is 8.21. The molecule has 0 unspecified atom stereocenters. The number of para-hydroxylation sites is 1. The van der Waals surface area contributed by atoms with Gasteiger partial charge in [0.2, 0.25) is 0 Å². The topological polar surface area (TPSA) is 91.2 Å². The van der Waals surface area contributed by atoms with E-state index in [9.17, 15) is 10.5 Å². The third-order valence-corrected chi connectivity index (χ3v) is 8.34. The van der Waals surface area contributed by atoms with Gasteiger partial charge in [-0.25, -0.2) is 15.0 Å². The Morgan fingerprint density at radius 1 is 0.447 bits per heavy atom. The van der Waals surface area contributed by atoms with Crippen molar-refractivity contribution in [1.82, 2.24) is 19.5 Å². The van der Waals surface area contributed by atoms with Gasteiger partial charge >= 0.3 is 0 Å². The number of hydrogen-bond acceptors (Lipinski definition) is 5. The first-order valence-electron chi connectivity index (χ1n) is 15.2. The maximum absolute atomic E-state index is 10.2. The fraction of sp³-hybridized carbons (Fsp3) is 0. The molecular weight excluding hydrogens is 576 g/mol.